The van der Waals surface area contributed by atoms with Gasteiger partial charge in [0.1, 0.15) is 5.82 Å². The molecule has 3 heterocycles. The molecule has 0 fully saturated rings. The highest BCUT2D eigenvalue weighted by Gasteiger charge is 2.26. The Balaban J connectivity index is 1.47. The molecule has 0 radical (unpaired) electrons. The number of hydrogen-bond donors (Lipinski definition) is 0. The van der Waals surface area contributed by atoms with E-state index in [1.54, 1.807) is 0 Å². The Bertz CT molecular complexity index is 2550. The largest absolute Gasteiger partial charge is 0.307 e. The zero-order valence-electron chi connectivity index (χ0n) is 27.1. The van der Waals surface area contributed by atoms with E-state index in [0.29, 0.717) is 11.6 Å². The molecule has 0 saturated carbocycles. The lowest BCUT2D eigenvalue weighted by atomic mass is 9.95. The Morgan fingerprint density at radius 3 is 1.40 bits per heavy atom. The topological polar surface area (TPSA) is 48.5 Å². The minimum Gasteiger partial charge on any atom is -0.307 e. The first kappa shape index (κ1) is 28.2. The summed E-state index contributed by atoms with van der Waals surface area (Å²) in [5, 5.41) is 4.83. The number of benzene rings is 6. The minimum atomic E-state index is -0.293. The van der Waals surface area contributed by atoms with Crippen LogP contribution in [-0.2, 0) is 5.41 Å². The molecule has 0 aliphatic heterocycles. The fourth-order valence-corrected chi connectivity index (χ4v) is 7.02. The van der Waals surface area contributed by atoms with E-state index in [-0.39, 0.29) is 5.41 Å². The number of aromatic nitrogens is 5. The maximum Gasteiger partial charge on any atom is 0.165 e. The summed E-state index contributed by atoms with van der Waals surface area (Å²) in [6, 6.07) is 51.4. The fourth-order valence-electron chi connectivity index (χ4n) is 7.02. The lowest BCUT2D eigenvalue weighted by Crippen LogP contribution is -2.18. The van der Waals surface area contributed by atoms with E-state index in [1.165, 1.54) is 21.5 Å². The lowest BCUT2D eigenvalue weighted by molar-refractivity contribution is 0.543. The van der Waals surface area contributed by atoms with Gasteiger partial charge in [-0.25, -0.2) is 15.0 Å². The Morgan fingerprint density at radius 1 is 0.417 bits per heavy atom. The van der Waals surface area contributed by atoms with Crippen LogP contribution in [-0.4, -0.2) is 24.1 Å². The molecule has 0 atom stereocenters. The van der Waals surface area contributed by atoms with Gasteiger partial charge in [0.2, 0.25) is 0 Å². The van der Waals surface area contributed by atoms with E-state index in [9.17, 15) is 0 Å². The van der Waals surface area contributed by atoms with E-state index in [2.05, 4.69) is 157 Å². The second-order valence-corrected chi connectivity index (χ2v) is 13.3. The van der Waals surface area contributed by atoms with Crippen molar-refractivity contribution >= 4 is 43.6 Å². The fraction of sp³-hybridized carbons (Fsp3) is 0.0930. The molecule has 0 N–H and O–H groups in total. The minimum absolute atomic E-state index is 0.293. The zero-order chi connectivity index (χ0) is 32.4. The van der Waals surface area contributed by atoms with Crippen molar-refractivity contribution in [3.05, 3.63) is 151 Å². The van der Waals surface area contributed by atoms with Gasteiger partial charge in [-0.2, -0.15) is 0 Å². The molecular weight excluding hydrogens is 587 g/mol. The van der Waals surface area contributed by atoms with Crippen LogP contribution >= 0.6 is 0 Å². The van der Waals surface area contributed by atoms with Crippen LogP contribution in [0.5, 0.6) is 0 Å². The third-order valence-electron chi connectivity index (χ3n) is 9.22. The number of nitrogens with zero attached hydrogens (tertiary/aromatic N) is 5. The summed E-state index contributed by atoms with van der Waals surface area (Å²) in [4.78, 5) is 15.5. The molecule has 0 saturated heterocycles. The first-order valence-corrected chi connectivity index (χ1v) is 16.4. The van der Waals surface area contributed by atoms with Gasteiger partial charge in [0.15, 0.2) is 11.6 Å². The van der Waals surface area contributed by atoms with Crippen molar-refractivity contribution in [1.29, 1.82) is 0 Å². The summed E-state index contributed by atoms with van der Waals surface area (Å²) in [5.41, 5.74) is 8.22. The Hall–Kier alpha value is -6.07. The summed E-state index contributed by atoms with van der Waals surface area (Å²) < 4.78 is 4.80. The lowest BCUT2D eigenvalue weighted by Gasteiger charge is -2.22. The summed E-state index contributed by atoms with van der Waals surface area (Å²) in [7, 11) is 0. The predicted octanol–water partition coefficient (Wildman–Crippen LogP) is 10.7. The molecule has 5 nitrogen and oxygen atoms in total. The highest BCUT2D eigenvalue weighted by atomic mass is 15.1. The van der Waals surface area contributed by atoms with Gasteiger partial charge in [0, 0.05) is 38.1 Å². The molecule has 3 aromatic heterocycles. The van der Waals surface area contributed by atoms with Crippen molar-refractivity contribution in [2.45, 2.75) is 26.2 Å². The summed E-state index contributed by atoms with van der Waals surface area (Å²) in [6.07, 6.45) is 0. The molecule has 6 aromatic carbocycles. The van der Waals surface area contributed by atoms with Crippen LogP contribution in [0.2, 0.25) is 0 Å². The van der Waals surface area contributed by atoms with Gasteiger partial charge < -0.3 is 9.13 Å². The van der Waals surface area contributed by atoms with Crippen LogP contribution in [0.25, 0.3) is 77.8 Å². The normalized spacial score (nSPS) is 12.1. The molecule has 0 bridgehead atoms. The van der Waals surface area contributed by atoms with E-state index < -0.39 is 0 Å². The first-order valence-electron chi connectivity index (χ1n) is 16.4. The first-order chi connectivity index (χ1) is 23.5. The molecule has 48 heavy (non-hydrogen) atoms. The Kier molecular flexibility index (Phi) is 6.31. The predicted molar refractivity (Wildman–Crippen MR) is 198 cm³/mol. The second-order valence-electron chi connectivity index (χ2n) is 13.3. The molecule has 5 heteroatoms. The van der Waals surface area contributed by atoms with E-state index in [4.69, 9.17) is 15.0 Å². The quantitative estimate of drug-likeness (QED) is 0.197. The van der Waals surface area contributed by atoms with Gasteiger partial charge in [-0.1, -0.05) is 130 Å². The monoisotopic (exact) mass is 619 g/mol. The average Bonchev–Trinajstić information content (AvgIpc) is 3.64. The van der Waals surface area contributed by atoms with Crippen LogP contribution in [0.4, 0.5) is 0 Å². The van der Waals surface area contributed by atoms with Gasteiger partial charge in [-0.15, -0.1) is 0 Å². The zero-order valence-corrected chi connectivity index (χ0v) is 27.1. The number of fused-ring (bicyclic) bond motifs is 6. The van der Waals surface area contributed by atoms with Crippen molar-refractivity contribution in [2.24, 2.45) is 0 Å². The van der Waals surface area contributed by atoms with Crippen LogP contribution in [0.1, 0.15) is 26.6 Å². The van der Waals surface area contributed by atoms with Crippen molar-refractivity contribution in [3.8, 4) is 34.2 Å². The van der Waals surface area contributed by atoms with E-state index in [1.807, 2.05) is 18.2 Å². The summed E-state index contributed by atoms with van der Waals surface area (Å²) >= 11 is 0. The maximum absolute atomic E-state index is 5.23. The summed E-state index contributed by atoms with van der Waals surface area (Å²) in [6.45, 7) is 6.47. The van der Waals surface area contributed by atoms with E-state index in [0.717, 1.165) is 50.4 Å². The number of para-hydroxylation sites is 5. The molecule has 9 aromatic rings. The molecule has 230 valence electrons. The molecule has 0 aliphatic carbocycles. The van der Waals surface area contributed by atoms with Crippen LogP contribution < -0.4 is 0 Å². The van der Waals surface area contributed by atoms with E-state index >= 15 is 0 Å². The number of rotatable bonds is 4. The molecule has 0 aliphatic rings. The Morgan fingerprint density at radius 2 is 0.875 bits per heavy atom. The SMILES string of the molecule is CC(C)(C)c1nc(-c2ccccc2)nc(-c2cccc(-n3c4ccccc4c4ccccc43)c2-n2c3ccccc3c3ccccc32)n1. The van der Waals surface area contributed by atoms with Crippen LogP contribution in [0.15, 0.2) is 146 Å². The third-order valence-corrected chi connectivity index (χ3v) is 9.22. The molecule has 0 amide bonds. The van der Waals surface area contributed by atoms with Gasteiger partial charge in [0.25, 0.3) is 0 Å². The highest BCUT2D eigenvalue weighted by Crippen LogP contribution is 2.41. The van der Waals surface area contributed by atoms with Gasteiger partial charge in [0.05, 0.1) is 33.4 Å². The van der Waals surface area contributed by atoms with Gasteiger partial charge in [-0.05, 0) is 36.4 Å². The molecule has 9 rings (SSSR count). The molecule has 0 unspecified atom stereocenters. The average molecular weight is 620 g/mol. The van der Waals surface area contributed by atoms with Crippen LogP contribution in [0.3, 0.4) is 0 Å². The number of hydrogen-bond acceptors (Lipinski definition) is 3. The van der Waals surface area contributed by atoms with Gasteiger partial charge in [-0.3, -0.25) is 0 Å². The van der Waals surface area contributed by atoms with Crippen molar-refractivity contribution in [3.63, 3.8) is 0 Å². The maximum atomic E-state index is 5.23. The van der Waals surface area contributed by atoms with Crippen molar-refractivity contribution < 1.29 is 0 Å². The molecular formula is C43H33N5. The van der Waals surface area contributed by atoms with Crippen molar-refractivity contribution in [2.75, 3.05) is 0 Å². The molecule has 0 spiro atoms. The van der Waals surface area contributed by atoms with Gasteiger partial charge >= 0.3 is 0 Å². The standard InChI is InChI=1S/C43H33N5/c1-43(2,3)42-45-40(28-16-5-4-6-17-28)44-41(46-42)33-22-15-27-38(47-34-23-11-7-18-29(34)30-19-8-12-24-35(30)47)39(33)48-36-25-13-9-20-31(36)32-21-10-14-26-37(32)48/h4-27H,1-3H3. The van der Waals surface area contributed by atoms with Crippen molar-refractivity contribution in [1.82, 2.24) is 24.1 Å². The third kappa shape index (κ3) is 4.35. The Labute approximate surface area is 278 Å². The highest BCUT2D eigenvalue weighted by molar-refractivity contribution is 6.12. The smallest absolute Gasteiger partial charge is 0.165 e. The van der Waals surface area contributed by atoms with Crippen LogP contribution in [0, 0.1) is 0 Å². The summed E-state index contributed by atoms with van der Waals surface area (Å²) in [5.74, 6) is 2.07. The second kappa shape index (κ2) is 10.7.